The zero-order valence-corrected chi connectivity index (χ0v) is 47.3. The molecule has 5 heteroatoms. The topological polar surface area (TPSA) is 0 Å². The van der Waals surface area contributed by atoms with Gasteiger partial charge in [0.1, 0.15) is 0 Å². The summed E-state index contributed by atoms with van der Waals surface area (Å²) in [6.45, 7) is -11.7. The molecule has 0 aliphatic carbocycles. The molecule has 0 aromatic carbocycles. The summed E-state index contributed by atoms with van der Waals surface area (Å²) in [7, 11) is 0. The maximum atomic E-state index is 9.32. The lowest BCUT2D eigenvalue weighted by Gasteiger charge is -2.33. The first-order valence-corrected chi connectivity index (χ1v) is 28.1. The largest absolute Gasteiger partial charge is 0.0928 e. The van der Waals surface area contributed by atoms with E-state index < -0.39 is 227 Å². The Balaban J connectivity index is -0.00000361. The van der Waals surface area contributed by atoms with Crippen LogP contribution in [0.2, 0.25) is 0 Å². The molecule has 0 aliphatic rings. The summed E-state index contributed by atoms with van der Waals surface area (Å²) >= 11 is 14.2. The minimum atomic E-state index is -5.53. The van der Waals surface area contributed by atoms with Gasteiger partial charge in [-0.3, -0.25) is 0 Å². The van der Waals surface area contributed by atoms with Gasteiger partial charge in [-0.2, -0.15) is 0 Å². The summed E-state index contributed by atoms with van der Waals surface area (Å²) in [4.78, 5) is -2.66. The van der Waals surface area contributed by atoms with Crippen LogP contribution in [0.4, 0.5) is 0 Å². The Morgan fingerprint density at radius 3 is 0.985 bits per heavy atom. The van der Waals surface area contributed by atoms with E-state index in [4.69, 9.17) is 79.5 Å². The van der Waals surface area contributed by atoms with E-state index in [0.717, 1.165) is 36.3 Å². The summed E-state index contributed by atoms with van der Waals surface area (Å²) < 4.78 is 505. The third-order valence-corrected chi connectivity index (χ3v) is 13.1. The molecule has 0 aromatic heterocycles. The molecule has 0 fully saturated rings. The van der Waals surface area contributed by atoms with E-state index in [0.29, 0.717) is 12.8 Å². The van der Waals surface area contributed by atoms with Crippen LogP contribution in [0.25, 0.3) is 0 Å². The average Bonchev–Trinajstić information content (AvgIpc) is 0.664. The van der Waals surface area contributed by atoms with Gasteiger partial charge < -0.3 is 0 Å². The molecule has 0 saturated heterocycles. The highest BCUT2D eigenvalue weighted by molar-refractivity contribution is 9.12. The fraction of sp³-hybridized carbons (Fsp3) is 1.00. The average molecular weight is 1330 g/mol. The molecule has 0 bridgehead atoms. The van der Waals surface area contributed by atoms with Crippen LogP contribution in [0.3, 0.4) is 0 Å². The second-order valence-corrected chi connectivity index (χ2v) is 18.9. The van der Waals surface area contributed by atoms with Crippen molar-refractivity contribution in [1.29, 1.82) is 0 Å². The van der Waals surface area contributed by atoms with Crippen LogP contribution >= 0.6 is 79.6 Å². The predicted octanol–water partition coefficient (Wildman–Crippen LogP) is 26.8. The molecule has 2 unspecified atom stereocenters. The first kappa shape index (κ1) is 19.7. The van der Waals surface area contributed by atoms with Gasteiger partial charge in [-0.25, -0.2) is 0 Å². The number of hydrogen-bond donors (Lipinski definition) is 0. The number of alkyl halides is 5. The molecule has 0 aliphatic heterocycles. The summed E-state index contributed by atoms with van der Waals surface area (Å²) in [6, 6.07) is 0. The first-order valence-electron chi connectivity index (χ1n) is 54.4. The second-order valence-electron chi connectivity index (χ2n) is 14.6. The fourth-order valence-electron chi connectivity index (χ4n) is 5.56. The third-order valence-electron chi connectivity index (χ3n) is 9.06. The lowest BCUT2D eigenvalue weighted by Crippen LogP contribution is -2.32. The normalized spacial score (nSPS) is 32.5. The number of halogens is 5. The van der Waals surface area contributed by atoms with Crippen LogP contribution in [-0.2, 0) is 0 Å². The van der Waals surface area contributed by atoms with Crippen molar-refractivity contribution in [1.82, 2.24) is 0 Å². The first-order chi connectivity index (χ1) is 56.2. The van der Waals surface area contributed by atoms with Crippen molar-refractivity contribution in [3.63, 3.8) is 0 Å². The third kappa shape index (κ3) is 66.4. The summed E-state index contributed by atoms with van der Waals surface area (Å²) in [5.41, 5.74) is 0. The molecule has 408 valence electrons. The minimum Gasteiger partial charge on any atom is -0.0928 e. The van der Waals surface area contributed by atoms with E-state index in [1.54, 1.807) is 0 Å². The van der Waals surface area contributed by atoms with Crippen LogP contribution in [0.15, 0.2) is 0 Å². The van der Waals surface area contributed by atoms with Gasteiger partial charge in [0.2, 0.25) is 0 Å². The van der Waals surface area contributed by atoms with E-state index in [1.807, 2.05) is 0 Å². The van der Waals surface area contributed by atoms with Gasteiger partial charge in [0.15, 0.2) is 0 Å². The maximum Gasteiger partial charge on any atom is 0.0387 e. The molecular weight excluding hydrogens is 1150 g/mol. The molecule has 0 spiro atoms. The molecule has 2 atom stereocenters. The second kappa shape index (κ2) is 68.4. The van der Waals surface area contributed by atoms with Gasteiger partial charge in [-0.05, 0) is 38.4 Å². The number of rotatable bonds is 55. The van der Waals surface area contributed by atoms with Crippen molar-refractivity contribution in [3.8, 4) is 0 Å². The summed E-state index contributed by atoms with van der Waals surface area (Å²) in [5, 5.41) is -1.47. The van der Waals surface area contributed by atoms with Crippen LogP contribution in [-0.4, -0.2) is 25.1 Å². The highest BCUT2D eigenvalue weighted by Gasteiger charge is 2.33. The van der Waals surface area contributed by atoms with Crippen molar-refractivity contribution >= 4 is 79.6 Å². The van der Waals surface area contributed by atoms with Gasteiger partial charge in [0.05, 0.1) is 0 Å². The molecule has 67 heavy (non-hydrogen) atoms. The zero-order valence-electron chi connectivity index (χ0n) is 101. The van der Waals surface area contributed by atoms with E-state index in [-0.39, 0.29) is 0 Å². The molecule has 0 N–H and O–H groups in total. The highest BCUT2D eigenvalue weighted by Crippen LogP contribution is 2.41. The monoisotopic (exact) mass is 1330 g/mol. The summed E-state index contributed by atoms with van der Waals surface area (Å²) in [5.74, 6) is 0. The van der Waals surface area contributed by atoms with Crippen LogP contribution in [0.5, 0.6) is 0 Å². The maximum absolute atomic E-state index is 9.32. The van der Waals surface area contributed by atoms with Crippen molar-refractivity contribution in [2.24, 2.45) is 0 Å². The SMILES string of the molecule is [2H]C([2H])([2H])C([2H])([2H])C([2H])([2H])C([2H])([2H])C([2H])([2H])C([2H])([2H])CCCCCC(Br)C(Br)(C([2H])([2H])C([2H])([2H])C([2H])([2H])C([2H])([2H])C([2H])([2H])C([2H])([2H])C([2H])([2H])C([2H])([2H])C([2H])([2H])C([2H])([2H])C([2H])([2H])C([2H])([2H])C([2H])([2H])C([2H])([2H])C([2H])([2H])[2H])C([2H])([2H])C([2H])([2H])C([2H])([2H])C([2H])([2H])C([2H])([2H])[13C]([2H])([2H])Br.[2H]C([2H])([2H])CCCCCCCCCCCBr.[2H]C([2H])([2H])CCCCCCCCCCCCCCCBr. The molecule has 0 rings (SSSR count). The van der Waals surface area contributed by atoms with Crippen molar-refractivity contribution in [2.75, 3.05) is 15.9 Å². The number of unbranched alkanes of at least 4 members (excludes halogenated alkanes) is 22. The van der Waals surface area contributed by atoms with Crippen molar-refractivity contribution in [2.45, 2.75) is 376 Å². The van der Waals surface area contributed by atoms with Gasteiger partial charge in [0.25, 0.3) is 0 Å². The molecule has 0 aromatic rings. The smallest absolute Gasteiger partial charge is 0.0387 e. The van der Waals surface area contributed by atoms with Crippen molar-refractivity contribution in [3.05, 3.63) is 0 Å². The molecule has 0 nitrogen and oxygen atoms in total. The Hall–Kier alpha value is 2.40. The van der Waals surface area contributed by atoms with Crippen LogP contribution < -0.4 is 0 Å². The van der Waals surface area contributed by atoms with Crippen LogP contribution in [0.1, 0.15) is 452 Å². The molecule has 0 heterocycles. The van der Waals surface area contributed by atoms with E-state index in [9.17, 15) is 5.48 Å². The molecule has 0 saturated carbocycles. The highest BCUT2D eigenvalue weighted by atomic mass is 79.9. The van der Waals surface area contributed by atoms with E-state index in [1.165, 1.54) is 116 Å². The predicted molar refractivity (Wildman–Crippen MR) is 333 cm³/mol. The lowest BCUT2D eigenvalue weighted by molar-refractivity contribution is 0.424. The minimum absolute atomic E-state index is 0.387. The van der Waals surface area contributed by atoms with Gasteiger partial charge in [0, 0.05) is 110 Å². The van der Waals surface area contributed by atoms with E-state index >= 15 is 0 Å². The van der Waals surface area contributed by atoms with Gasteiger partial charge in [-0.15, -0.1) is 0 Å². The fourth-order valence-corrected chi connectivity index (χ4v) is 7.44. The van der Waals surface area contributed by atoms with E-state index in [2.05, 4.69) is 79.6 Å². The Morgan fingerprint density at radius 2 is 0.627 bits per heavy atom. The lowest BCUT2D eigenvalue weighted by atomic mass is 9.89. The Bertz CT molecular complexity index is 3320. The molecule has 0 amide bonds. The number of hydrogen-bond acceptors (Lipinski definition) is 0. The van der Waals surface area contributed by atoms with Crippen LogP contribution in [0, 0.1) is 0 Å². The zero-order chi connectivity index (χ0) is 104. The molecule has 0 radical (unpaired) electrons. The Kier molecular flexibility index (Phi) is 20.1. The molecular formula is C62H125Br5. The quantitative estimate of drug-likeness (QED) is 0.0323. The standard InChI is InChI=1S/C34H67Br3.C16H33Br.C12H25Br/c1-3-5-7-9-11-13-14-15-16-18-20-22-26-30-34(37,31-27-23-24-28-32-35)33(36)29-25-21-19-17-12-10-8-6-4-2;1-2-3-4-5-6-7-8-9-10-11-12-13-14-15-16-17;1-2-3-4-5-6-7-8-9-10-11-12-13/h33H,3-32H2,1-2H3;2-16H2,1H3;2-12H2,1H3/i1D3,2D3,3D2,4D2,5D2,6D2,7D2,8D2,9D2,10D2,11D2,12D2,13D2,14D2,15D2,16D2,18D2,20D2,22D2,23D2,24D2,26D2,27D2,28D2,30D2,31D2,32+1D2;2*1D3. The van der Waals surface area contributed by atoms with Gasteiger partial charge >= 0.3 is 0 Å². The Morgan fingerprint density at radius 1 is 0.328 bits per heavy atom. The summed E-state index contributed by atoms with van der Waals surface area (Å²) in [6.07, 6.45) is -94.6. The van der Waals surface area contributed by atoms with Gasteiger partial charge in [-0.1, -0.05) is 408 Å². The Labute approximate surface area is 555 Å². The van der Waals surface area contributed by atoms with Crippen molar-refractivity contribution < 1.29 is 85.0 Å².